The van der Waals surface area contributed by atoms with Gasteiger partial charge in [0.25, 0.3) is 0 Å². The van der Waals surface area contributed by atoms with Gasteiger partial charge in [-0.15, -0.1) is 0 Å². The van der Waals surface area contributed by atoms with Gasteiger partial charge in [0.2, 0.25) is 0 Å². The predicted molar refractivity (Wildman–Crippen MR) is 115 cm³/mol. The Bertz CT molecular complexity index is 980. The van der Waals surface area contributed by atoms with Crippen LogP contribution in [0.5, 0.6) is 0 Å². The van der Waals surface area contributed by atoms with Gasteiger partial charge >= 0.3 is 11.9 Å². The lowest BCUT2D eigenvalue weighted by Gasteiger charge is -2.38. The summed E-state index contributed by atoms with van der Waals surface area (Å²) in [4.78, 5) is 27.9. The summed E-state index contributed by atoms with van der Waals surface area (Å²) in [7, 11) is 2.73. The lowest BCUT2D eigenvalue weighted by molar-refractivity contribution is -0.137. The van der Waals surface area contributed by atoms with Crippen LogP contribution in [-0.4, -0.2) is 31.1 Å². The van der Waals surface area contributed by atoms with E-state index in [4.69, 9.17) is 9.47 Å². The molecule has 3 rings (SSSR count). The largest absolute Gasteiger partial charge is 0.466 e. The van der Waals surface area contributed by atoms with E-state index in [1.54, 1.807) is 0 Å². The Balaban J connectivity index is 2.26. The van der Waals surface area contributed by atoms with Crippen LogP contribution < -0.4 is 0 Å². The van der Waals surface area contributed by atoms with Gasteiger partial charge in [0.1, 0.15) is 0 Å². The van der Waals surface area contributed by atoms with Crippen molar-refractivity contribution in [1.82, 2.24) is 4.90 Å². The van der Waals surface area contributed by atoms with Crippen molar-refractivity contribution in [2.24, 2.45) is 0 Å². The van der Waals surface area contributed by atoms with Gasteiger partial charge in [-0.05, 0) is 37.5 Å². The van der Waals surface area contributed by atoms with Gasteiger partial charge < -0.3 is 14.4 Å². The average Bonchev–Trinajstić information content (AvgIpc) is 2.76. The second kappa shape index (κ2) is 8.99. The van der Waals surface area contributed by atoms with Gasteiger partial charge in [-0.2, -0.15) is 0 Å². The Morgan fingerprint density at radius 3 is 1.80 bits per heavy atom. The second-order valence-electron chi connectivity index (χ2n) is 7.34. The molecule has 30 heavy (non-hydrogen) atoms. The number of rotatable bonds is 5. The number of ether oxygens (including phenoxy) is 2. The highest BCUT2D eigenvalue weighted by Gasteiger charge is 2.40. The van der Waals surface area contributed by atoms with Crippen molar-refractivity contribution < 1.29 is 19.1 Å². The molecule has 0 radical (unpaired) electrons. The van der Waals surface area contributed by atoms with Crippen molar-refractivity contribution in [3.05, 3.63) is 93.8 Å². The van der Waals surface area contributed by atoms with Gasteiger partial charge in [0.05, 0.1) is 31.3 Å². The summed E-state index contributed by atoms with van der Waals surface area (Å²) in [5, 5.41) is 0. The number of methoxy groups -OCH3 is 2. The molecule has 0 spiro atoms. The number of aryl methyl sites for hydroxylation is 1. The van der Waals surface area contributed by atoms with Crippen LogP contribution in [0.25, 0.3) is 0 Å². The molecule has 0 saturated heterocycles. The zero-order chi connectivity index (χ0) is 21.8. The Labute approximate surface area is 177 Å². The molecule has 0 amide bonds. The second-order valence-corrected chi connectivity index (χ2v) is 7.34. The predicted octanol–water partition coefficient (Wildman–Crippen LogP) is 4.49. The molecule has 5 heteroatoms. The SMILES string of the molecule is COC(=O)C1=C(C)N(Cc2ccccc2)C(C)=C(C(=O)OC)C1c1ccccc1C. The molecule has 1 heterocycles. The molecule has 0 aliphatic carbocycles. The third-order valence-electron chi connectivity index (χ3n) is 5.66. The minimum atomic E-state index is -0.557. The molecule has 2 aromatic rings. The molecule has 2 aromatic carbocycles. The fourth-order valence-electron chi connectivity index (χ4n) is 4.08. The van der Waals surface area contributed by atoms with Crippen LogP contribution in [0.4, 0.5) is 0 Å². The first kappa shape index (κ1) is 21.4. The third-order valence-corrected chi connectivity index (χ3v) is 5.66. The molecule has 156 valence electrons. The van der Waals surface area contributed by atoms with Crippen molar-refractivity contribution in [3.63, 3.8) is 0 Å². The standard InChI is InChI=1S/C25H27NO4/c1-16-11-9-10-14-20(16)23-21(24(27)29-4)17(2)26(15-19-12-7-6-8-13-19)18(3)22(23)25(28)30-5/h6-14,23H,15H2,1-5H3. The van der Waals surface area contributed by atoms with Crippen LogP contribution in [0.1, 0.15) is 36.5 Å². The maximum absolute atomic E-state index is 13.0. The maximum Gasteiger partial charge on any atom is 0.336 e. The Kier molecular flexibility index (Phi) is 6.40. The first-order chi connectivity index (χ1) is 14.4. The highest BCUT2D eigenvalue weighted by atomic mass is 16.5. The third kappa shape index (κ3) is 3.88. The first-order valence-corrected chi connectivity index (χ1v) is 9.85. The van der Waals surface area contributed by atoms with Gasteiger partial charge in [-0.25, -0.2) is 9.59 Å². The summed E-state index contributed by atoms with van der Waals surface area (Å²) >= 11 is 0. The number of allylic oxidation sites excluding steroid dienone is 2. The summed E-state index contributed by atoms with van der Waals surface area (Å²) in [5.74, 6) is -1.46. The monoisotopic (exact) mass is 405 g/mol. The minimum Gasteiger partial charge on any atom is -0.466 e. The number of carbonyl (C=O) groups is 2. The molecule has 0 bridgehead atoms. The topological polar surface area (TPSA) is 55.8 Å². The van der Waals surface area contributed by atoms with E-state index in [1.807, 2.05) is 80.3 Å². The lowest BCUT2D eigenvalue weighted by atomic mass is 9.78. The van der Waals surface area contributed by atoms with Crippen LogP contribution in [-0.2, 0) is 25.6 Å². The zero-order valence-corrected chi connectivity index (χ0v) is 18.1. The molecule has 0 unspecified atom stereocenters. The Morgan fingerprint density at radius 2 is 1.30 bits per heavy atom. The quantitative estimate of drug-likeness (QED) is 0.686. The van der Waals surface area contributed by atoms with Crippen LogP contribution in [0.2, 0.25) is 0 Å². The molecule has 1 aliphatic rings. The molecule has 0 fully saturated rings. The molecule has 1 aliphatic heterocycles. The van der Waals surface area contributed by atoms with E-state index in [9.17, 15) is 9.59 Å². The van der Waals surface area contributed by atoms with Crippen LogP contribution in [0.3, 0.4) is 0 Å². The number of nitrogens with zero attached hydrogens (tertiary/aromatic N) is 1. The summed E-state index contributed by atoms with van der Waals surface area (Å²) < 4.78 is 10.3. The zero-order valence-electron chi connectivity index (χ0n) is 18.1. The number of benzene rings is 2. The number of carbonyl (C=O) groups excluding carboxylic acids is 2. The number of esters is 2. The minimum absolute atomic E-state index is 0.451. The van der Waals surface area contributed by atoms with E-state index >= 15 is 0 Å². The highest BCUT2D eigenvalue weighted by molar-refractivity contribution is 5.99. The van der Waals surface area contributed by atoms with Crippen LogP contribution >= 0.6 is 0 Å². The van der Waals surface area contributed by atoms with E-state index in [2.05, 4.69) is 0 Å². The molecular weight excluding hydrogens is 378 g/mol. The van der Waals surface area contributed by atoms with E-state index in [1.165, 1.54) is 14.2 Å². The Morgan fingerprint density at radius 1 is 0.800 bits per heavy atom. The smallest absolute Gasteiger partial charge is 0.336 e. The van der Waals surface area contributed by atoms with Gasteiger partial charge in [0.15, 0.2) is 0 Å². The molecule has 0 N–H and O–H groups in total. The average molecular weight is 405 g/mol. The number of hydrogen-bond acceptors (Lipinski definition) is 5. The maximum atomic E-state index is 13.0. The molecule has 5 nitrogen and oxygen atoms in total. The summed E-state index contributed by atoms with van der Waals surface area (Å²) in [6.45, 7) is 6.30. The summed E-state index contributed by atoms with van der Waals surface area (Å²) in [5.41, 5.74) is 5.38. The highest BCUT2D eigenvalue weighted by Crippen LogP contribution is 2.44. The van der Waals surface area contributed by atoms with Crippen molar-refractivity contribution in [3.8, 4) is 0 Å². The van der Waals surface area contributed by atoms with Crippen molar-refractivity contribution in [2.75, 3.05) is 14.2 Å². The van der Waals surface area contributed by atoms with E-state index in [0.717, 1.165) is 28.1 Å². The molecule has 0 saturated carbocycles. The first-order valence-electron chi connectivity index (χ1n) is 9.85. The van der Waals surface area contributed by atoms with Gasteiger partial charge in [0, 0.05) is 17.9 Å². The van der Waals surface area contributed by atoms with Crippen molar-refractivity contribution in [1.29, 1.82) is 0 Å². The summed E-state index contributed by atoms with van der Waals surface area (Å²) in [6.07, 6.45) is 0. The normalized spacial score (nSPS) is 14.8. The van der Waals surface area contributed by atoms with Crippen LogP contribution in [0, 0.1) is 6.92 Å². The van der Waals surface area contributed by atoms with Crippen molar-refractivity contribution in [2.45, 2.75) is 33.2 Å². The number of hydrogen-bond donors (Lipinski definition) is 0. The summed E-state index contributed by atoms with van der Waals surface area (Å²) in [6, 6.07) is 17.7. The fourth-order valence-corrected chi connectivity index (χ4v) is 4.08. The lowest BCUT2D eigenvalue weighted by Crippen LogP contribution is -2.35. The van der Waals surface area contributed by atoms with Crippen LogP contribution in [0.15, 0.2) is 77.1 Å². The van der Waals surface area contributed by atoms with E-state index in [-0.39, 0.29) is 0 Å². The van der Waals surface area contributed by atoms with E-state index in [0.29, 0.717) is 17.7 Å². The fraction of sp³-hybridized carbons (Fsp3) is 0.280. The molecule has 0 atom stereocenters. The molecular formula is C25H27NO4. The van der Waals surface area contributed by atoms with Crippen molar-refractivity contribution >= 4 is 11.9 Å². The van der Waals surface area contributed by atoms with E-state index < -0.39 is 17.9 Å². The van der Waals surface area contributed by atoms with Gasteiger partial charge in [-0.1, -0.05) is 54.6 Å². The van der Waals surface area contributed by atoms with Gasteiger partial charge in [-0.3, -0.25) is 0 Å². The molecule has 0 aromatic heterocycles. The Hall–Kier alpha value is -3.34.